The molecule has 3 rings (SSSR count). The fourth-order valence-electron chi connectivity index (χ4n) is 2.53. The van der Waals surface area contributed by atoms with Gasteiger partial charge in [0.1, 0.15) is 5.82 Å². The SMILES string of the molecule is Cc1nc2cccc(C(=O)O)c2n1CC(C)c1nccs1. The molecule has 2 heterocycles. The maximum Gasteiger partial charge on any atom is 0.337 e. The second kappa shape index (κ2) is 5.29. The average Bonchev–Trinajstić information content (AvgIpc) is 3.07. The number of benzene rings is 1. The number of carboxylic acid groups (broad SMARTS) is 1. The number of nitrogens with zero attached hydrogens (tertiary/aromatic N) is 3. The van der Waals surface area contributed by atoms with E-state index in [0.717, 1.165) is 16.3 Å². The number of carboxylic acids is 1. The van der Waals surface area contributed by atoms with Gasteiger partial charge in [0.05, 0.1) is 21.6 Å². The average molecular weight is 301 g/mol. The Balaban J connectivity index is 2.09. The Morgan fingerprint density at radius 2 is 2.29 bits per heavy atom. The predicted molar refractivity (Wildman–Crippen MR) is 82.0 cm³/mol. The van der Waals surface area contributed by atoms with Gasteiger partial charge in [0, 0.05) is 24.0 Å². The molecule has 2 aromatic heterocycles. The van der Waals surface area contributed by atoms with Crippen LogP contribution >= 0.6 is 11.3 Å². The highest BCUT2D eigenvalue weighted by molar-refractivity contribution is 7.09. The predicted octanol–water partition coefficient (Wildman–Crippen LogP) is 3.30. The topological polar surface area (TPSA) is 68.0 Å². The zero-order valence-electron chi connectivity index (χ0n) is 11.8. The van der Waals surface area contributed by atoms with Crippen LogP contribution in [0.15, 0.2) is 29.8 Å². The van der Waals surface area contributed by atoms with Crippen LogP contribution in [0.3, 0.4) is 0 Å². The summed E-state index contributed by atoms with van der Waals surface area (Å²) in [6.07, 6.45) is 1.79. The van der Waals surface area contributed by atoms with Crippen molar-refractivity contribution >= 4 is 28.3 Å². The third-order valence-electron chi connectivity index (χ3n) is 3.52. The molecule has 0 aliphatic rings. The highest BCUT2D eigenvalue weighted by Gasteiger charge is 2.18. The smallest absolute Gasteiger partial charge is 0.337 e. The van der Waals surface area contributed by atoms with E-state index in [1.807, 2.05) is 22.9 Å². The van der Waals surface area contributed by atoms with E-state index in [1.165, 1.54) is 0 Å². The third kappa shape index (κ3) is 2.42. The number of para-hydroxylation sites is 1. The zero-order chi connectivity index (χ0) is 15.0. The Labute approximate surface area is 125 Å². The molecule has 0 spiro atoms. The molecule has 1 atom stereocenters. The van der Waals surface area contributed by atoms with E-state index < -0.39 is 5.97 Å². The standard InChI is InChI=1S/C15H15N3O2S/c1-9(14-16-6-7-21-14)8-18-10(2)17-12-5-3-4-11(13(12)18)15(19)20/h3-7,9H,8H2,1-2H3,(H,19,20). The molecule has 6 heteroatoms. The molecule has 1 unspecified atom stereocenters. The van der Waals surface area contributed by atoms with Crippen LogP contribution < -0.4 is 0 Å². The molecule has 0 fully saturated rings. The minimum Gasteiger partial charge on any atom is -0.478 e. The lowest BCUT2D eigenvalue weighted by Gasteiger charge is -2.13. The van der Waals surface area contributed by atoms with Gasteiger partial charge in [-0.3, -0.25) is 0 Å². The van der Waals surface area contributed by atoms with Gasteiger partial charge in [0.2, 0.25) is 0 Å². The Bertz CT molecular complexity index is 793. The lowest BCUT2D eigenvalue weighted by atomic mass is 10.1. The lowest BCUT2D eigenvalue weighted by Crippen LogP contribution is -2.10. The van der Waals surface area contributed by atoms with Crippen LogP contribution in [-0.4, -0.2) is 25.6 Å². The van der Waals surface area contributed by atoms with Crippen LogP contribution in [0.25, 0.3) is 11.0 Å². The van der Waals surface area contributed by atoms with E-state index in [2.05, 4.69) is 16.9 Å². The van der Waals surface area contributed by atoms with Crippen LogP contribution in [0.5, 0.6) is 0 Å². The van der Waals surface area contributed by atoms with Gasteiger partial charge in [0.25, 0.3) is 0 Å². The Kier molecular flexibility index (Phi) is 3.47. The third-order valence-corrected chi connectivity index (χ3v) is 4.52. The molecule has 0 bridgehead atoms. The molecule has 3 aromatic rings. The van der Waals surface area contributed by atoms with Crippen molar-refractivity contribution in [2.24, 2.45) is 0 Å². The molecule has 0 aliphatic heterocycles. The summed E-state index contributed by atoms with van der Waals surface area (Å²) in [5, 5.41) is 12.4. The van der Waals surface area contributed by atoms with Crippen LogP contribution in [0.4, 0.5) is 0 Å². The number of aryl methyl sites for hydroxylation is 1. The molecule has 0 saturated carbocycles. The highest BCUT2D eigenvalue weighted by atomic mass is 32.1. The number of aromatic nitrogens is 3. The highest BCUT2D eigenvalue weighted by Crippen LogP contribution is 2.25. The monoisotopic (exact) mass is 301 g/mol. The summed E-state index contributed by atoms with van der Waals surface area (Å²) in [6, 6.07) is 5.20. The van der Waals surface area contributed by atoms with Gasteiger partial charge in [0.15, 0.2) is 0 Å². The van der Waals surface area contributed by atoms with Gasteiger partial charge in [-0.2, -0.15) is 0 Å². The van der Waals surface area contributed by atoms with Crippen molar-refractivity contribution < 1.29 is 9.90 Å². The van der Waals surface area contributed by atoms with Crippen molar-refractivity contribution in [2.75, 3.05) is 0 Å². The normalized spacial score (nSPS) is 12.7. The van der Waals surface area contributed by atoms with Crippen molar-refractivity contribution in [3.8, 4) is 0 Å². The van der Waals surface area contributed by atoms with Crippen molar-refractivity contribution in [3.05, 3.63) is 46.2 Å². The first-order valence-electron chi connectivity index (χ1n) is 6.66. The summed E-state index contributed by atoms with van der Waals surface area (Å²) >= 11 is 1.61. The van der Waals surface area contributed by atoms with Crippen molar-refractivity contribution in [1.29, 1.82) is 0 Å². The number of thiazole rings is 1. The number of aromatic carboxylic acids is 1. The van der Waals surface area contributed by atoms with Crippen LogP contribution in [0.2, 0.25) is 0 Å². The number of hydrogen-bond donors (Lipinski definition) is 1. The van der Waals surface area contributed by atoms with Gasteiger partial charge >= 0.3 is 5.97 Å². The fraction of sp³-hybridized carbons (Fsp3) is 0.267. The molecule has 21 heavy (non-hydrogen) atoms. The van der Waals surface area contributed by atoms with E-state index in [0.29, 0.717) is 17.6 Å². The fourth-order valence-corrected chi connectivity index (χ4v) is 3.22. The maximum absolute atomic E-state index is 11.4. The molecule has 0 amide bonds. The Morgan fingerprint density at radius 1 is 1.48 bits per heavy atom. The number of hydrogen-bond acceptors (Lipinski definition) is 4. The number of rotatable bonds is 4. The van der Waals surface area contributed by atoms with E-state index in [4.69, 9.17) is 0 Å². The van der Waals surface area contributed by atoms with Crippen molar-refractivity contribution in [1.82, 2.24) is 14.5 Å². The summed E-state index contributed by atoms with van der Waals surface area (Å²) in [7, 11) is 0. The Hall–Kier alpha value is -2.21. The molecular weight excluding hydrogens is 286 g/mol. The van der Waals surface area contributed by atoms with Crippen molar-refractivity contribution in [3.63, 3.8) is 0 Å². The van der Waals surface area contributed by atoms with Gasteiger partial charge < -0.3 is 9.67 Å². The van der Waals surface area contributed by atoms with Crippen LogP contribution in [0.1, 0.15) is 34.0 Å². The molecule has 1 aromatic carbocycles. The second-order valence-electron chi connectivity index (χ2n) is 5.02. The van der Waals surface area contributed by atoms with E-state index in [9.17, 15) is 9.90 Å². The Morgan fingerprint density at radius 3 is 2.95 bits per heavy atom. The van der Waals surface area contributed by atoms with E-state index in [1.54, 1.807) is 29.7 Å². The molecular formula is C15H15N3O2S. The van der Waals surface area contributed by atoms with Crippen LogP contribution in [0, 0.1) is 6.92 Å². The number of imidazole rings is 1. The second-order valence-corrected chi connectivity index (χ2v) is 5.95. The summed E-state index contributed by atoms with van der Waals surface area (Å²) in [4.78, 5) is 20.2. The first-order valence-corrected chi connectivity index (χ1v) is 7.54. The van der Waals surface area contributed by atoms with Gasteiger partial charge in [-0.1, -0.05) is 13.0 Å². The maximum atomic E-state index is 11.4. The zero-order valence-corrected chi connectivity index (χ0v) is 12.6. The van der Waals surface area contributed by atoms with Crippen molar-refractivity contribution in [2.45, 2.75) is 26.3 Å². The first-order chi connectivity index (χ1) is 10.1. The number of carbonyl (C=O) groups is 1. The lowest BCUT2D eigenvalue weighted by molar-refractivity contribution is 0.0698. The summed E-state index contributed by atoms with van der Waals surface area (Å²) < 4.78 is 1.98. The van der Waals surface area contributed by atoms with Gasteiger partial charge in [-0.05, 0) is 19.1 Å². The minimum absolute atomic E-state index is 0.211. The minimum atomic E-state index is -0.927. The van der Waals surface area contributed by atoms with Gasteiger partial charge in [-0.25, -0.2) is 14.8 Å². The summed E-state index contributed by atoms with van der Waals surface area (Å²) in [5.41, 5.74) is 1.70. The molecule has 108 valence electrons. The first kappa shape index (κ1) is 13.8. The summed E-state index contributed by atoms with van der Waals surface area (Å²) in [6.45, 7) is 4.66. The summed E-state index contributed by atoms with van der Waals surface area (Å²) in [5.74, 6) is 0.105. The number of fused-ring (bicyclic) bond motifs is 1. The van der Waals surface area contributed by atoms with Gasteiger partial charge in [-0.15, -0.1) is 11.3 Å². The molecule has 0 radical (unpaired) electrons. The molecule has 0 saturated heterocycles. The van der Waals surface area contributed by atoms with E-state index >= 15 is 0 Å². The quantitative estimate of drug-likeness (QED) is 0.802. The molecule has 0 aliphatic carbocycles. The molecule has 5 nitrogen and oxygen atoms in total. The van der Waals surface area contributed by atoms with Crippen LogP contribution in [-0.2, 0) is 6.54 Å². The molecule has 1 N–H and O–H groups in total. The van der Waals surface area contributed by atoms with E-state index in [-0.39, 0.29) is 5.92 Å². The largest absolute Gasteiger partial charge is 0.478 e.